The third kappa shape index (κ3) is 3.48. The number of sulfonamides is 1. The lowest BCUT2D eigenvalue weighted by molar-refractivity contribution is -0.118. The molecule has 26 heavy (non-hydrogen) atoms. The van der Waals surface area contributed by atoms with Gasteiger partial charge in [0.25, 0.3) is 10.0 Å². The van der Waals surface area contributed by atoms with Gasteiger partial charge < -0.3 is 4.90 Å². The molecule has 1 amide bonds. The number of fused-ring (bicyclic) bond motifs is 1. The van der Waals surface area contributed by atoms with E-state index in [2.05, 4.69) is 20.7 Å². The van der Waals surface area contributed by atoms with Gasteiger partial charge in [-0.05, 0) is 48.7 Å². The van der Waals surface area contributed by atoms with Gasteiger partial charge in [-0.25, -0.2) is 12.8 Å². The van der Waals surface area contributed by atoms with Crippen molar-refractivity contribution >= 4 is 43.2 Å². The molecule has 0 saturated carbocycles. The minimum atomic E-state index is -4.01. The fraction of sp³-hybridized carbons (Fsp3) is 0.278. The van der Waals surface area contributed by atoms with Crippen LogP contribution in [0.1, 0.15) is 24.5 Å². The van der Waals surface area contributed by atoms with E-state index in [4.69, 9.17) is 0 Å². The minimum absolute atomic E-state index is 0.00200. The zero-order chi connectivity index (χ0) is 19.1. The smallest absolute Gasteiger partial charge is 0.264 e. The highest BCUT2D eigenvalue weighted by atomic mass is 79.9. The molecule has 1 aliphatic rings. The number of benzene rings is 2. The van der Waals surface area contributed by atoms with Crippen molar-refractivity contribution in [1.29, 1.82) is 0 Å². The van der Waals surface area contributed by atoms with Crippen LogP contribution < -0.4 is 9.62 Å². The predicted molar refractivity (Wildman–Crippen MR) is 102 cm³/mol. The maximum atomic E-state index is 13.8. The molecule has 0 saturated heterocycles. The number of amides is 1. The Morgan fingerprint density at radius 3 is 2.69 bits per heavy atom. The Bertz CT molecular complexity index is 992. The van der Waals surface area contributed by atoms with Crippen LogP contribution in [-0.4, -0.2) is 20.9 Å². The Hall–Kier alpha value is -1.93. The molecule has 0 fully saturated rings. The summed E-state index contributed by atoms with van der Waals surface area (Å²) in [5.74, 6) is -0.628. The molecule has 138 valence electrons. The van der Waals surface area contributed by atoms with E-state index in [0.29, 0.717) is 28.7 Å². The van der Waals surface area contributed by atoms with Gasteiger partial charge in [-0.1, -0.05) is 28.9 Å². The second-order valence-electron chi connectivity index (χ2n) is 6.13. The first-order chi connectivity index (χ1) is 12.2. The second-order valence-corrected chi connectivity index (χ2v) is 8.70. The fourth-order valence-corrected chi connectivity index (χ4v) is 4.96. The standard InChI is InChI=1S/C18H18BrFN2O3S/c1-3-17(23)22-7-6-12-8-13(19)9-16(18(12)22)26(24,25)21-14-5-4-11(2)15(20)10-14/h4-5,8-10,21H,3,6-7H2,1-2H3. The number of hydrogen-bond acceptors (Lipinski definition) is 3. The van der Waals surface area contributed by atoms with Gasteiger partial charge in [-0.2, -0.15) is 0 Å². The molecule has 0 unspecified atom stereocenters. The van der Waals surface area contributed by atoms with E-state index < -0.39 is 15.8 Å². The summed E-state index contributed by atoms with van der Waals surface area (Å²) in [7, 11) is -4.01. The van der Waals surface area contributed by atoms with Crippen LogP contribution in [0.15, 0.2) is 39.7 Å². The van der Waals surface area contributed by atoms with Crippen molar-refractivity contribution in [2.45, 2.75) is 31.6 Å². The van der Waals surface area contributed by atoms with Crippen molar-refractivity contribution in [3.8, 4) is 0 Å². The summed E-state index contributed by atoms with van der Waals surface area (Å²) in [6.45, 7) is 3.78. The van der Waals surface area contributed by atoms with Gasteiger partial charge in [0.1, 0.15) is 10.7 Å². The van der Waals surface area contributed by atoms with Crippen LogP contribution in [0.25, 0.3) is 0 Å². The maximum absolute atomic E-state index is 13.8. The quantitative estimate of drug-likeness (QED) is 0.780. The summed E-state index contributed by atoms with van der Waals surface area (Å²) in [4.78, 5) is 13.7. The van der Waals surface area contributed by atoms with Crippen LogP contribution in [0.3, 0.4) is 0 Å². The van der Waals surface area contributed by atoms with Crippen molar-refractivity contribution < 1.29 is 17.6 Å². The van der Waals surface area contributed by atoms with Crippen LogP contribution in [0.2, 0.25) is 0 Å². The lowest BCUT2D eigenvalue weighted by Crippen LogP contribution is -2.29. The highest BCUT2D eigenvalue weighted by molar-refractivity contribution is 9.10. The van der Waals surface area contributed by atoms with E-state index in [-0.39, 0.29) is 22.9 Å². The number of nitrogens with zero attached hydrogens (tertiary/aromatic N) is 1. The molecule has 5 nitrogen and oxygen atoms in total. The van der Waals surface area contributed by atoms with Crippen LogP contribution >= 0.6 is 15.9 Å². The summed E-state index contributed by atoms with van der Waals surface area (Å²) in [5, 5.41) is 0. The summed E-state index contributed by atoms with van der Waals surface area (Å²) in [6.07, 6.45) is 0.869. The molecule has 0 spiro atoms. The number of aryl methyl sites for hydroxylation is 1. The molecule has 1 heterocycles. The SMILES string of the molecule is CCC(=O)N1CCc2cc(Br)cc(S(=O)(=O)Nc3ccc(C)c(F)c3)c21. The van der Waals surface area contributed by atoms with Crippen molar-refractivity contribution in [1.82, 2.24) is 0 Å². The molecule has 2 aromatic carbocycles. The van der Waals surface area contributed by atoms with Crippen LogP contribution in [0.4, 0.5) is 15.8 Å². The van der Waals surface area contributed by atoms with Gasteiger partial charge in [0.2, 0.25) is 5.91 Å². The zero-order valence-corrected chi connectivity index (χ0v) is 16.7. The molecule has 1 N–H and O–H groups in total. The van der Waals surface area contributed by atoms with Gasteiger partial charge in [0.05, 0.1) is 11.4 Å². The van der Waals surface area contributed by atoms with Crippen molar-refractivity contribution in [3.63, 3.8) is 0 Å². The molecule has 0 bridgehead atoms. The highest BCUT2D eigenvalue weighted by Gasteiger charge is 2.32. The Morgan fingerprint density at radius 2 is 2.04 bits per heavy atom. The third-order valence-electron chi connectivity index (χ3n) is 4.31. The monoisotopic (exact) mass is 440 g/mol. The number of nitrogens with one attached hydrogen (secondary N) is 1. The Morgan fingerprint density at radius 1 is 1.31 bits per heavy atom. The second kappa shape index (κ2) is 7.00. The van der Waals surface area contributed by atoms with E-state index >= 15 is 0 Å². The molecule has 8 heteroatoms. The molecule has 1 aliphatic heterocycles. The zero-order valence-electron chi connectivity index (χ0n) is 14.3. The van der Waals surface area contributed by atoms with E-state index in [9.17, 15) is 17.6 Å². The minimum Gasteiger partial charge on any atom is -0.310 e. The van der Waals surface area contributed by atoms with E-state index in [1.165, 1.54) is 23.1 Å². The first-order valence-electron chi connectivity index (χ1n) is 8.14. The molecule has 0 aromatic heterocycles. The molecular formula is C18H18BrFN2O3S. The lowest BCUT2D eigenvalue weighted by Gasteiger charge is -2.20. The summed E-state index contributed by atoms with van der Waals surface area (Å²) in [6, 6.07) is 7.43. The first kappa shape index (κ1) is 18.8. The van der Waals surface area contributed by atoms with Crippen molar-refractivity contribution in [2.24, 2.45) is 0 Å². The number of halogens is 2. The Labute approximate surface area is 160 Å². The maximum Gasteiger partial charge on any atom is 0.264 e. The highest BCUT2D eigenvalue weighted by Crippen LogP contribution is 2.38. The number of anilines is 2. The molecule has 2 aromatic rings. The van der Waals surface area contributed by atoms with Gasteiger partial charge in [-0.3, -0.25) is 9.52 Å². The van der Waals surface area contributed by atoms with Crippen molar-refractivity contribution in [3.05, 3.63) is 51.7 Å². The third-order valence-corrected chi connectivity index (χ3v) is 6.16. The predicted octanol–water partition coefficient (Wildman–Crippen LogP) is 4.00. The summed E-state index contributed by atoms with van der Waals surface area (Å²) >= 11 is 3.33. The molecular weight excluding hydrogens is 423 g/mol. The van der Waals surface area contributed by atoms with Gasteiger partial charge in [0, 0.05) is 17.4 Å². The number of carbonyl (C=O) groups is 1. The topological polar surface area (TPSA) is 66.5 Å². The Kier molecular flexibility index (Phi) is 5.07. The van der Waals surface area contributed by atoms with Gasteiger partial charge >= 0.3 is 0 Å². The molecule has 0 atom stereocenters. The summed E-state index contributed by atoms with van der Waals surface area (Å²) in [5.41, 5.74) is 1.75. The van der Waals surface area contributed by atoms with E-state index in [0.717, 1.165) is 11.6 Å². The van der Waals surface area contributed by atoms with Crippen LogP contribution in [0.5, 0.6) is 0 Å². The first-order valence-corrected chi connectivity index (χ1v) is 10.4. The molecule has 3 rings (SSSR count). The van der Waals surface area contributed by atoms with Gasteiger partial charge in [-0.15, -0.1) is 0 Å². The normalized spacial score (nSPS) is 13.6. The van der Waals surface area contributed by atoms with Crippen LogP contribution in [0, 0.1) is 12.7 Å². The number of carbonyl (C=O) groups excluding carboxylic acids is 1. The lowest BCUT2D eigenvalue weighted by atomic mass is 10.2. The molecule has 0 aliphatic carbocycles. The van der Waals surface area contributed by atoms with E-state index in [1.807, 2.05) is 6.07 Å². The van der Waals surface area contributed by atoms with Gasteiger partial charge in [0.15, 0.2) is 0 Å². The number of hydrogen-bond donors (Lipinski definition) is 1. The molecule has 0 radical (unpaired) electrons. The summed E-state index contributed by atoms with van der Waals surface area (Å²) < 4.78 is 42.7. The Balaban J connectivity index is 2.08. The fourth-order valence-electron chi connectivity index (χ4n) is 2.98. The largest absolute Gasteiger partial charge is 0.310 e. The number of rotatable bonds is 4. The average Bonchev–Trinajstić information content (AvgIpc) is 3.00. The average molecular weight is 441 g/mol. The van der Waals surface area contributed by atoms with Crippen LogP contribution in [-0.2, 0) is 21.2 Å². The van der Waals surface area contributed by atoms with E-state index in [1.54, 1.807) is 13.8 Å². The van der Waals surface area contributed by atoms with Crippen molar-refractivity contribution in [2.75, 3.05) is 16.2 Å².